The van der Waals surface area contributed by atoms with E-state index in [-0.39, 0.29) is 0 Å². The first kappa shape index (κ1) is 11.8. The summed E-state index contributed by atoms with van der Waals surface area (Å²) in [4.78, 5) is 4.30. The van der Waals surface area contributed by atoms with E-state index in [0.29, 0.717) is 6.04 Å². The molecule has 0 aromatic carbocycles. The van der Waals surface area contributed by atoms with Crippen LogP contribution in [0.5, 0.6) is 0 Å². The lowest BCUT2D eigenvalue weighted by Gasteiger charge is -2.15. The molecule has 3 nitrogen and oxygen atoms in total. The zero-order valence-corrected chi connectivity index (χ0v) is 10.4. The molecule has 0 spiro atoms. The molecule has 0 saturated carbocycles. The largest absolute Gasteiger partial charge is 0.377 e. The topological polar surface area (TPSA) is 34.1 Å². The van der Waals surface area contributed by atoms with E-state index in [0.717, 1.165) is 32.6 Å². The van der Waals surface area contributed by atoms with Crippen LogP contribution in [0.4, 0.5) is 0 Å². The maximum Gasteiger partial charge on any atom is 0.109 e. The van der Waals surface area contributed by atoms with Gasteiger partial charge in [-0.1, -0.05) is 11.6 Å². The minimum absolute atomic E-state index is 0.362. The molecule has 2 rings (SSSR count). The fourth-order valence-corrected chi connectivity index (χ4v) is 2.45. The maximum absolute atomic E-state index is 5.28. The predicted molar refractivity (Wildman–Crippen MR) is 66.7 cm³/mol. The highest BCUT2D eigenvalue weighted by Gasteiger charge is 2.08. The maximum atomic E-state index is 5.28. The summed E-state index contributed by atoms with van der Waals surface area (Å²) in [5.41, 5.74) is 1.52. The van der Waals surface area contributed by atoms with Crippen LogP contribution in [-0.2, 0) is 4.74 Å². The Balaban J connectivity index is 1.69. The van der Waals surface area contributed by atoms with Crippen LogP contribution in [-0.4, -0.2) is 24.7 Å². The number of ether oxygens (including phenoxy) is 1. The van der Waals surface area contributed by atoms with Gasteiger partial charge >= 0.3 is 0 Å². The molecule has 16 heavy (non-hydrogen) atoms. The van der Waals surface area contributed by atoms with Crippen LogP contribution in [0.1, 0.15) is 30.8 Å². The second-order valence-electron chi connectivity index (χ2n) is 3.98. The van der Waals surface area contributed by atoms with E-state index in [1.807, 2.05) is 11.6 Å². The van der Waals surface area contributed by atoms with Crippen molar-refractivity contribution in [3.63, 3.8) is 0 Å². The first-order valence-electron chi connectivity index (χ1n) is 5.74. The van der Waals surface area contributed by atoms with E-state index in [2.05, 4.69) is 23.3 Å². The molecule has 0 radical (unpaired) electrons. The van der Waals surface area contributed by atoms with E-state index in [9.17, 15) is 0 Å². The van der Waals surface area contributed by atoms with Crippen LogP contribution < -0.4 is 5.32 Å². The third kappa shape index (κ3) is 3.40. The standard InChI is InChI=1S/C12H18N2OS/c1-10(12-14-6-9-16-12)13-5-2-11-3-7-15-8-4-11/h3,6,9-10,13H,2,4-5,7-8H2,1H3. The van der Waals surface area contributed by atoms with Crippen molar-refractivity contribution in [3.05, 3.63) is 28.2 Å². The molecule has 0 amide bonds. The molecule has 1 atom stereocenters. The number of nitrogens with zero attached hydrogens (tertiary/aromatic N) is 1. The summed E-state index contributed by atoms with van der Waals surface area (Å²) in [5, 5.41) is 6.69. The molecular weight excluding hydrogens is 220 g/mol. The highest BCUT2D eigenvalue weighted by molar-refractivity contribution is 7.09. The second-order valence-corrected chi connectivity index (χ2v) is 4.91. The minimum atomic E-state index is 0.362. The SMILES string of the molecule is CC(NCCC1=CCOCC1)c1nccs1. The Hall–Kier alpha value is -0.710. The molecular formula is C12H18N2OS. The van der Waals surface area contributed by atoms with Gasteiger partial charge in [-0.3, -0.25) is 0 Å². The summed E-state index contributed by atoms with van der Waals surface area (Å²) in [7, 11) is 0. The van der Waals surface area contributed by atoms with Crippen molar-refractivity contribution < 1.29 is 4.74 Å². The molecule has 1 N–H and O–H groups in total. The number of aromatic nitrogens is 1. The summed E-state index contributed by atoms with van der Waals surface area (Å²) < 4.78 is 5.28. The van der Waals surface area contributed by atoms with Gasteiger partial charge in [-0.2, -0.15) is 0 Å². The number of hydrogen-bond acceptors (Lipinski definition) is 4. The van der Waals surface area contributed by atoms with E-state index in [4.69, 9.17) is 4.74 Å². The lowest BCUT2D eigenvalue weighted by Crippen LogP contribution is -2.20. The van der Waals surface area contributed by atoms with Crippen LogP contribution in [0.15, 0.2) is 23.2 Å². The van der Waals surface area contributed by atoms with Gasteiger partial charge in [-0.25, -0.2) is 4.98 Å². The third-order valence-electron chi connectivity index (χ3n) is 2.78. The first-order valence-corrected chi connectivity index (χ1v) is 6.62. The van der Waals surface area contributed by atoms with Gasteiger partial charge < -0.3 is 10.1 Å². The first-order chi connectivity index (χ1) is 7.86. The van der Waals surface area contributed by atoms with Crippen LogP contribution >= 0.6 is 11.3 Å². The van der Waals surface area contributed by atoms with Gasteiger partial charge in [0.1, 0.15) is 5.01 Å². The summed E-state index contributed by atoms with van der Waals surface area (Å²) in [6, 6.07) is 0.362. The van der Waals surface area contributed by atoms with Crippen LogP contribution in [0.2, 0.25) is 0 Å². The Morgan fingerprint density at radius 2 is 2.56 bits per heavy atom. The molecule has 1 aliphatic heterocycles. The smallest absolute Gasteiger partial charge is 0.109 e. The van der Waals surface area contributed by atoms with E-state index in [1.54, 1.807) is 11.3 Å². The molecule has 1 aromatic heterocycles. The van der Waals surface area contributed by atoms with Gasteiger partial charge in [0, 0.05) is 11.6 Å². The van der Waals surface area contributed by atoms with Crippen LogP contribution in [0, 0.1) is 0 Å². The Morgan fingerprint density at radius 3 is 3.25 bits per heavy atom. The molecule has 4 heteroatoms. The number of rotatable bonds is 5. The lowest BCUT2D eigenvalue weighted by atomic mass is 10.1. The average Bonchev–Trinajstić information content (AvgIpc) is 2.84. The molecule has 0 fully saturated rings. The molecule has 2 heterocycles. The Bertz CT molecular complexity index is 335. The van der Waals surface area contributed by atoms with Crippen molar-refractivity contribution in [2.75, 3.05) is 19.8 Å². The molecule has 0 aliphatic carbocycles. The molecule has 1 aromatic rings. The molecule has 88 valence electrons. The summed E-state index contributed by atoms with van der Waals surface area (Å²) >= 11 is 1.71. The van der Waals surface area contributed by atoms with Crippen molar-refractivity contribution in [1.29, 1.82) is 0 Å². The van der Waals surface area contributed by atoms with Gasteiger partial charge in [-0.15, -0.1) is 11.3 Å². The highest BCUT2D eigenvalue weighted by atomic mass is 32.1. The Labute approximate surface area is 101 Å². The third-order valence-corrected chi connectivity index (χ3v) is 3.73. The Kier molecular flexibility index (Phi) is 4.51. The lowest BCUT2D eigenvalue weighted by molar-refractivity contribution is 0.153. The van der Waals surface area contributed by atoms with Crippen LogP contribution in [0.3, 0.4) is 0 Å². The molecule has 0 bridgehead atoms. The normalized spacial score (nSPS) is 18.2. The zero-order chi connectivity index (χ0) is 11.2. The molecule has 0 saturated heterocycles. The van der Waals surface area contributed by atoms with Crippen molar-refractivity contribution in [1.82, 2.24) is 10.3 Å². The van der Waals surface area contributed by atoms with Crippen molar-refractivity contribution >= 4 is 11.3 Å². The molecule has 1 aliphatic rings. The fraction of sp³-hybridized carbons (Fsp3) is 0.583. The van der Waals surface area contributed by atoms with E-state index >= 15 is 0 Å². The monoisotopic (exact) mass is 238 g/mol. The predicted octanol–water partition coefficient (Wildman–Crippen LogP) is 2.53. The zero-order valence-electron chi connectivity index (χ0n) is 9.61. The Morgan fingerprint density at radius 1 is 1.62 bits per heavy atom. The van der Waals surface area contributed by atoms with Crippen molar-refractivity contribution in [2.24, 2.45) is 0 Å². The summed E-state index contributed by atoms with van der Waals surface area (Å²) in [5.74, 6) is 0. The van der Waals surface area contributed by atoms with Crippen molar-refractivity contribution in [2.45, 2.75) is 25.8 Å². The highest BCUT2D eigenvalue weighted by Crippen LogP contribution is 2.16. The van der Waals surface area contributed by atoms with E-state index in [1.165, 1.54) is 10.6 Å². The van der Waals surface area contributed by atoms with Gasteiger partial charge in [0.2, 0.25) is 0 Å². The molecule has 1 unspecified atom stereocenters. The summed E-state index contributed by atoms with van der Waals surface area (Å²) in [6.45, 7) is 4.86. The number of nitrogens with one attached hydrogen (secondary N) is 1. The number of hydrogen-bond donors (Lipinski definition) is 1. The second kappa shape index (κ2) is 6.13. The number of thiazole rings is 1. The van der Waals surface area contributed by atoms with Gasteiger partial charge in [-0.05, 0) is 26.3 Å². The van der Waals surface area contributed by atoms with Crippen LogP contribution in [0.25, 0.3) is 0 Å². The minimum Gasteiger partial charge on any atom is -0.377 e. The van der Waals surface area contributed by atoms with Gasteiger partial charge in [0.25, 0.3) is 0 Å². The van der Waals surface area contributed by atoms with E-state index < -0.39 is 0 Å². The van der Waals surface area contributed by atoms with Crippen molar-refractivity contribution in [3.8, 4) is 0 Å². The average molecular weight is 238 g/mol. The quantitative estimate of drug-likeness (QED) is 0.800. The van der Waals surface area contributed by atoms with Gasteiger partial charge in [0.05, 0.1) is 19.3 Å². The summed E-state index contributed by atoms with van der Waals surface area (Å²) in [6.07, 6.45) is 6.28. The van der Waals surface area contributed by atoms with Gasteiger partial charge in [0.15, 0.2) is 0 Å². The fourth-order valence-electron chi connectivity index (χ4n) is 1.78.